The van der Waals surface area contributed by atoms with Gasteiger partial charge in [0.2, 0.25) is 0 Å². The Bertz CT molecular complexity index is 1140. The average molecular weight is 447 g/mol. The van der Waals surface area contributed by atoms with Crippen molar-refractivity contribution in [3.8, 4) is 17.0 Å². The third-order valence-corrected chi connectivity index (χ3v) is 5.36. The van der Waals surface area contributed by atoms with E-state index in [-0.39, 0.29) is 0 Å². The molecular weight excluding hydrogens is 427 g/mol. The topological polar surface area (TPSA) is 97.6 Å². The first-order valence-corrected chi connectivity index (χ1v) is 10.1. The molecular formula is C19H20Cl2N8O. The van der Waals surface area contributed by atoms with Gasteiger partial charge in [0.15, 0.2) is 11.5 Å². The minimum Gasteiger partial charge on any atom is -0.492 e. The lowest BCUT2D eigenvalue weighted by Crippen LogP contribution is -2.15. The van der Waals surface area contributed by atoms with Crippen molar-refractivity contribution in [1.82, 2.24) is 40.3 Å². The van der Waals surface area contributed by atoms with Gasteiger partial charge in [0.1, 0.15) is 23.0 Å². The van der Waals surface area contributed by atoms with Crippen LogP contribution in [0.4, 0.5) is 0 Å². The summed E-state index contributed by atoms with van der Waals surface area (Å²) in [5.74, 6) is 1.06. The van der Waals surface area contributed by atoms with Crippen LogP contribution in [-0.2, 0) is 6.54 Å². The minimum atomic E-state index is 0.322. The standard InChI is InChI=1S/C19H20Cl2N8O/c1-28(2)9-4-10-30-14-7-6-12(16(20)17(14)21)18-13-5-3-8-22-19(13)29(25-18)11-15-23-26-27-24-15/h3,5-8H,4,9-11H2,1-2H3,(H,23,24,26,27). The number of tetrazole rings is 1. The lowest BCUT2D eigenvalue weighted by Gasteiger charge is -2.13. The van der Waals surface area contributed by atoms with E-state index in [1.165, 1.54) is 0 Å². The zero-order valence-corrected chi connectivity index (χ0v) is 18.0. The number of aromatic amines is 1. The molecule has 156 valence electrons. The lowest BCUT2D eigenvalue weighted by molar-refractivity contribution is 0.282. The quantitative estimate of drug-likeness (QED) is 0.414. The second-order valence-corrected chi connectivity index (χ2v) is 7.71. The number of rotatable bonds is 8. The molecule has 4 rings (SSSR count). The number of nitrogens with one attached hydrogen (secondary N) is 1. The molecule has 0 unspecified atom stereocenters. The number of halogens is 2. The van der Waals surface area contributed by atoms with Crippen molar-refractivity contribution in [3.05, 3.63) is 46.3 Å². The number of H-pyrrole nitrogens is 1. The van der Waals surface area contributed by atoms with Crippen LogP contribution in [0.1, 0.15) is 12.2 Å². The molecule has 30 heavy (non-hydrogen) atoms. The van der Waals surface area contributed by atoms with Crippen LogP contribution < -0.4 is 4.74 Å². The second kappa shape index (κ2) is 8.95. The van der Waals surface area contributed by atoms with Gasteiger partial charge in [0.05, 0.1) is 11.6 Å². The molecule has 1 aromatic carbocycles. The van der Waals surface area contributed by atoms with Gasteiger partial charge in [-0.25, -0.2) is 9.67 Å². The fourth-order valence-corrected chi connectivity index (χ4v) is 3.56. The molecule has 0 spiro atoms. The second-order valence-electron chi connectivity index (χ2n) is 6.95. The van der Waals surface area contributed by atoms with Crippen molar-refractivity contribution in [1.29, 1.82) is 0 Å². The first kappa shape index (κ1) is 20.5. The van der Waals surface area contributed by atoms with Gasteiger partial charge in [-0.05, 0) is 44.8 Å². The maximum absolute atomic E-state index is 6.62. The smallest absolute Gasteiger partial charge is 0.196 e. The molecule has 3 aromatic heterocycles. The average Bonchev–Trinajstić information content (AvgIpc) is 3.37. The molecule has 3 heterocycles. The van der Waals surface area contributed by atoms with Gasteiger partial charge in [0, 0.05) is 23.7 Å². The number of hydrogen-bond donors (Lipinski definition) is 1. The molecule has 4 aromatic rings. The summed E-state index contributed by atoms with van der Waals surface area (Å²) in [5.41, 5.74) is 2.06. The highest BCUT2D eigenvalue weighted by atomic mass is 35.5. The number of ether oxygens (including phenoxy) is 1. The number of benzene rings is 1. The summed E-state index contributed by atoms with van der Waals surface area (Å²) in [6.07, 6.45) is 2.60. The van der Waals surface area contributed by atoms with Crippen LogP contribution in [0.25, 0.3) is 22.3 Å². The van der Waals surface area contributed by atoms with Crippen molar-refractivity contribution in [2.45, 2.75) is 13.0 Å². The van der Waals surface area contributed by atoms with Crippen molar-refractivity contribution in [2.75, 3.05) is 27.2 Å². The Morgan fingerprint density at radius 1 is 1.17 bits per heavy atom. The van der Waals surface area contributed by atoms with Crippen molar-refractivity contribution >= 4 is 34.2 Å². The molecule has 0 aliphatic rings. The summed E-state index contributed by atoms with van der Waals surface area (Å²) in [6, 6.07) is 7.47. The predicted octanol–water partition coefficient (Wildman–Crippen LogP) is 3.30. The third-order valence-electron chi connectivity index (χ3n) is 4.50. The van der Waals surface area contributed by atoms with Crippen LogP contribution in [0.15, 0.2) is 30.5 Å². The van der Waals surface area contributed by atoms with Gasteiger partial charge in [0.25, 0.3) is 0 Å². The first-order valence-electron chi connectivity index (χ1n) is 9.34. The van der Waals surface area contributed by atoms with E-state index in [1.54, 1.807) is 10.9 Å². The van der Waals surface area contributed by atoms with E-state index in [4.69, 9.17) is 33.0 Å². The van der Waals surface area contributed by atoms with Crippen LogP contribution in [0.3, 0.4) is 0 Å². The molecule has 0 fully saturated rings. The Balaban J connectivity index is 1.66. The number of fused-ring (bicyclic) bond motifs is 1. The molecule has 0 saturated heterocycles. The Morgan fingerprint density at radius 2 is 2.03 bits per heavy atom. The van der Waals surface area contributed by atoms with Gasteiger partial charge in [-0.1, -0.05) is 28.4 Å². The van der Waals surface area contributed by atoms with E-state index < -0.39 is 0 Å². The molecule has 0 aliphatic heterocycles. The van der Waals surface area contributed by atoms with Crippen LogP contribution in [-0.4, -0.2) is 67.5 Å². The maximum atomic E-state index is 6.62. The molecule has 0 saturated carbocycles. The van der Waals surface area contributed by atoms with Crippen molar-refractivity contribution in [2.24, 2.45) is 0 Å². The Kier molecular flexibility index (Phi) is 6.12. The molecule has 0 radical (unpaired) electrons. The Morgan fingerprint density at radius 3 is 2.80 bits per heavy atom. The van der Waals surface area contributed by atoms with E-state index in [9.17, 15) is 0 Å². The number of aromatic nitrogens is 7. The summed E-state index contributed by atoms with van der Waals surface area (Å²) in [6.45, 7) is 1.81. The SMILES string of the molecule is CN(C)CCCOc1ccc(-c2nn(Cc3nn[nH]n3)c3ncccc23)c(Cl)c1Cl. The van der Waals surface area contributed by atoms with Gasteiger partial charge in [-0.2, -0.15) is 10.3 Å². The van der Waals surface area contributed by atoms with E-state index in [2.05, 4.69) is 30.5 Å². The number of hydrogen-bond acceptors (Lipinski definition) is 7. The summed E-state index contributed by atoms with van der Waals surface area (Å²) in [4.78, 5) is 6.55. The summed E-state index contributed by atoms with van der Waals surface area (Å²) in [5, 5.41) is 20.3. The van der Waals surface area contributed by atoms with Gasteiger partial charge in [-0.15, -0.1) is 10.2 Å². The fraction of sp³-hybridized carbons (Fsp3) is 0.316. The fourth-order valence-electron chi connectivity index (χ4n) is 3.09. The molecule has 1 N–H and O–H groups in total. The highest BCUT2D eigenvalue weighted by Gasteiger charge is 2.19. The van der Waals surface area contributed by atoms with Gasteiger partial charge in [-0.3, -0.25) is 0 Å². The molecule has 0 atom stereocenters. The molecule has 0 amide bonds. The minimum absolute atomic E-state index is 0.322. The summed E-state index contributed by atoms with van der Waals surface area (Å²) >= 11 is 13.1. The van der Waals surface area contributed by atoms with E-state index in [1.807, 2.05) is 38.4 Å². The maximum Gasteiger partial charge on any atom is 0.196 e. The Labute approximate surface area is 182 Å². The molecule has 0 aliphatic carbocycles. The van der Waals surface area contributed by atoms with Crippen LogP contribution in [0.2, 0.25) is 10.0 Å². The largest absolute Gasteiger partial charge is 0.492 e. The highest BCUT2D eigenvalue weighted by molar-refractivity contribution is 6.44. The van der Waals surface area contributed by atoms with E-state index in [0.717, 1.165) is 18.4 Å². The molecule has 0 bridgehead atoms. The normalized spacial score (nSPS) is 11.5. The third kappa shape index (κ3) is 4.23. The predicted molar refractivity (Wildman–Crippen MR) is 115 cm³/mol. The van der Waals surface area contributed by atoms with Crippen molar-refractivity contribution < 1.29 is 4.74 Å². The number of nitrogens with zero attached hydrogens (tertiary/aromatic N) is 7. The van der Waals surface area contributed by atoms with E-state index >= 15 is 0 Å². The number of pyridine rings is 1. The van der Waals surface area contributed by atoms with Gasteiger partial charge < -0.3 is 9.64 Å². The highest BCUT2D eigenvalue weighted by Crippen LogP contribution is 2.41. The van der Waals surface area contributed by atoms with Gasteiger partial charge >= 0.3 is 0 Å². The van der Waals surface area contributed by atoms with E-state index in [0.29, 0.717) is 51.7 Å². The van der Waals surface area contributed by atoms with Crippen LogP contribution >= 0.6 is 23.2 Å². The zero-order chi connectivity index (χ0) is 21.1. The summed E-state index contributed by atoms with van der Waals surface area (Å²) in [7, 11) is 4.05. The molecule has 9 nitrogen and oxygen atoms in total. The van der Waals surface area contributed by atoms with Crippen molar-refractivity contribution in [3.63, 3.8) is 0 Å². The monoisotopic (exact) mass is 446 g/mol. The molecule has 11 heteroatoms. The lowest BCUT2D eigenvalue weighted by atomic mass is 10.1. The van der Waals surface area contributed by atoms with Crippen LogP contribution in [0, 0.1) is 0 Å². The zero-order valence-electron chi connectivity index (χ0n) is 16.5. The summed E-state index contributed by atoms with van der Waals surface area (Å²) < 4.78 is 7.53. The Hall–Kier alpha value is -2.75. The van der Waals surface area contributed by atoms with Crippen LogP contribution in [0.5, 0.6) is 5.75 Å². The first-order chi connectivity index (χ1) is 14.5.